The van der Waals surface area contributed by atoms with Crippen molar-refractivity contribution < 1.29 is 75.1 Å². The van der Waals surface area contributed by atoms with E-state index >= 15 is 0 Å². The van der Waals surface area contributed by atoms with E-state index in [4.69, 9.17) is 44.8 Å². The number of ketones is 1. The number of hydrogen-bond donors (Lipinski definition) is 1. The second-order valence-corrected chi connectivity index (χ2v) is 17.5. The molecule has 0 radical (unpaired) electrons. The number of esters is 3. The average Bonchev–Trinajstić information content (AvgIpc) is 3.54. The summed E-state index contributed by atoms with van der Waals surface area (Å²) in [4.78, 5) is 91.5. The Bertz CT molecular complexity index is 2330. The summed E-state index contributed by atoms with van der Waals surface area (Å²) in [5.74, 6) is -4.89. The van der Waals surface area contributed by atoms with Crippen LogP contribution in [0.15, 0.2) is 66.7 Å². The maximum Gasteiger partial charge on any atom is 0.411 e. The molecule has 0 saturated carbocycles. The van der Waals surface area contributed by atoms with Crippen LogP contribution in [0.3, 0.4) is 0 Å². The van der Waals surface area contributed by atoms with Crippen LogP contribution in [-0.2, 0) is 68.8 Å². The first kappa shape index (κ1) is 48.8. The maximum absolute atomic E-state index is 13.7. The summed E-state index contributed by atoms with van der Waals surface area (Å²) < 4.78 is 62.7. The van der Waals surface area contributed by atoms with Gasteiger partial charge in [0.15, 0.2) is 24.1 Å². The number of amides is 3. The number of fused-ring (bicyclic) bond motifs is 3. The van der Waals surface area contributed by atoms with E-state index in [-0.39, 0.29) is 47.8 Å². The number of likely N-dealkylation sites (N-methyl/N-ethyl adjacent to an activating group) is 1. The Balaban J connectivity index is 1.39. The predicted octanol–water partition coefficient (Wildman–Crippen LogP) is 4.17. The molecule has 64 heavy (non-hydrogen) atoms. The molecular weight excluding hydrogens is 882 g/mol. The minimum Gasteiger partial charge on any atom is -0.458 e. The Morgan fingerprint density at radius 2 is 1.34 bits per heavy atom. The smallest absolute Gasteiger partial charge is 0.411 e. The number of ether oxygens (including phenoxy) is 7. The average molecular weight is 930 g/mol. The Labute approximate surface area is 374 Å². The lowest BCUT2D eigenvalue weighted by molar-refractivity contribution is -0.277. The zero-order valence-electron chi connectivity index (χ0n) is 35.8. The highest BCUT2D eigenvalue weighted by atomic mass is 35.5. The Kier molecular flexibility index (Phi) is 16.3. The van der Waals surface area contributed by atoms with Crippen LogP contribution in [0.25, 0.3) is 11.1 Å². The number of benzene rings is 3. The Morgan fingerprint density at radius 3 is 1.91 bits per heavy atom. The molecule has 21 heteroatoms. The number of carbonyl (C=O) groups is 7. The molecule has 344 valence electrons. The lowest BCUT2D eigenvalue weighted by Crippen LogP contribution is -2.64. The van der Waals surface area contributed by atoms with E-state index in [1.165, 1.54) is 25.2 Å². The number of nitrogens with one attached hydrogen (secondary N) is 1. The van der Waals surface area contributed by atoms with Crippen molar-refractivity contribution in [2.75, 3.05) is 50.1 Å². The molecule has 1 aliphatic carbocycles. The molecule has 0 unspecified atom stereocenters. The highest BCUT2D eigenvalue weighted by molar-refractivity contribution is 7.90. The van der Waals surface area contributed by atoms with Gasteiger partial charge in [0.05, 0.1) is 17.4 Å². The number of alkyl halides is 1. The topological polar surface area (TPSA) is 237 Å². The van der Waals surface area contributed by atoms with Crippen molar-refractivity contribution in [3.8, 4) is 16.9 Å². The van der Waals surface area contributed by atoms with Gasteiger partial charge in [-0.05, 0) is 46.9 Å². The second-order valence-electron chi connectivity index (χ2n) is 15.0. The van der Waals surface area contributed by atoms with Crippen LogP contribution in [0.2, 0.25) is 0 Å². The number of sulfone groups is 1. The highest BCUT2D eigenvalue weighted by Crippen LogP contribution is 2.44. The van der Waals surface area contributed by atoms with Gasteiger partial charge < -0.3 is 43.4 Å². The third kappa shape index (κ3) is 12.7. The van der Waals surface area contributed by atoms with Crippen LogP contribution < -0.4 is 10.1 Å². The van der Waals surface area contributed by atoms with Crippen LogP contribution in [0.5, 0.6) is 5.75 Å². The van der Waals surface area contributed by atoms with Crippen molar-refractivity contribution in [3.05, 3.63) is 83.4 Å². The SMILES string of the molecule is CC(=O)O[C@@H]1[C@@H](OC(C)=O)[C@H](Oc2ccc(COC(=O)N(CCl)CCS(C)(=O)=O)cc2NC(=O)CN(C)C(=O)OCC2c3ccccc3-c3ccccc32)O[C@H](C(C)=O)[C@H]1OC(C)=O. The third-order valence-corrected chi connectivity index (χ3v) is 11.1. The van der Waals surface area contributed by atoms with Gasteiger partial charge in [0, 0.05) is 46.5 Å². The number of halogens is 1. The van der Waals surface area contributed by atoms with Crippen LogP contribution in [0, 0.1) is 0 Å². The lowest BCUT2D eigenvalue weighted by Gasteiger charge is -2.43. The molecule has 0 spiro atoms. The first-order valence-corrected chi connectivity index (χ1v) is 22.3. The van der Waals surface area contributed by atoms with Gasteiger partial charge in [-0.1, -0.05) is 54.6 Å². The second kappa shape index (κ2) is 21.4. The fourth-order valence-corrected chi connectivity index (χ4v) is 7.84. The highest BCUT2D eigenvalue weighted by Gasteiger charge is 2.54. The molecule has 0 bridgehead atoms. The quantitative estimate of drug-likeness (QED) is 0.0865. The first-order valence-electron chi connectivity index (χ1n) is 19.7. The van der Waals surface area contributed by atoms with Gasteiger partial charge in [0.2, 0.25) is 18.3 Å². The zero-order chi connectivity index (χ0) is 46.9. The van der Waals surface area contributed by atoms with Gasteiger partial charge in [-0.15, -0.1) is 11.6 Å². The van der Waals surface area contributed by atoms with Crippen LogP contribution in [0.1, 0.15) is 50.3 Å². The summed E-state index contributed by atoms with van der Waals surface area (Å²) in [7, 11) is -2.09. The maximum atomic E-state index is 13.7. The number of anilines is 1. The molecule has 3 aromatic rings. The van der Waals surface area contributed by atoms with E-state index in [1.807, 2.05) is 48.5 Å². The number of nitrogens with zero attached hydrogens (tertiary/aromatic N) is 2. The molecule has 5 rings (SSSR count). The van der Waals surface area contributed by atoms with E-state index in [9.17, 15) is 42.0 Å². The van der Waals surface area contributed by atoms with Gasteiger partial charge >= 0.3 is 30.1 Å². The summed E-state index contributed by atoms with van der Waals surface area (Å²) in [6.45, 7) is 3.04. The zero-order valence-corrected chi connectivity index (χ0v) is 37.3. The summed E-state index contributed by atoms with van der Waals surface area (Å²) >= 11 is 5.88. The van der Waals surface area contributed by atoms with Gasteiger partial charge in [-0.2, -0.15) is 0 Å². The molecule has 0 aromatic heterocycles. The molecular formula is C43H48ClN3O16S. The van der Waals surface area contributed by atoms with Gasteiger partial charge in [0.1, 0.15) is 35.3 Å². The normalized spacial score (nSPS) is 18.9. The van der Waals surface area contributed by atoms with Crippen LogP contribution in [0.4, 0.5) is 15.3 Å². The molecule has 5 atom stereocenters. The fourth-order valence-electron chi connectivity index (χ4n) is 7.07. The van der Waals surface area contributed by atoms with Crippen LogP contribution in [-0.4, -0.2) is 135 Å². The van der Waals surface area contributed by atoms with Crippen molar-refractivity contribution >= 4 is 68.9 Å². The summed E-state index contributed by atoms with van der Waals surface area (Å²) in [5, 5.41) is 2.64. The van der Waals surface area contributed by atoms with E-state index in [0.29, 0.717) is 0 Å². The summed E-state index contributed by atoms with van der Waals surface area (Å²) in [5.41, 5.74) is 4.20. The molecule has 1 heterocycles. The molecule has 19 nitrogen and oxygen atoms in total. The molecule has 1 fully saturated rings. The van der Waals surface area contributed by atoms with Crippen molar-refractivity contribution in [1.82, 2.24) is 9.80 Å². The van der Waals surface area contributed by atoms with Crippen molar-refractivity contribution in [2.45, 2.75) is 70.9 Å². The lowest BCUT2D eigenvalue weighted by atomic mass is 9.95. The van der Waals surface area contributed by atoms with Crippen molar-refractivity contribution in [1.29, 1.82) is 0 Å². The molecule has 3 aromatic carbocycles. The molecule has 2 aliphatic rings. The van der Waals surface area contributed by atoms with E-state index in [1.54, 1.807) is 0 Å². The van der Waals surface area contributed by atoms with Crippen LogP contribution >= 0.6 is 11.6 Å². The monoisotopic (exact) mass is 929 g/mol. The molecule has 1 saturated heterocycles. The third-order valence-electron chi connectivity index (χ3n) is 9.89. The van der Waals surface area contributed by atoms with E-state index in [0.717, 1.165) is 66.0 Å². The van der Waals surface area contributed by atoms with Gasteiger partial charge in [-0.3, -0.25) is 28.9 Å². The van der Waals surface area contributed by atoms with Gasteiger partial charge in [0.25, 0.3) is 0 Å². The number of carbonyl (C=O) groups excluding carboxylic acids is 7. The first-order chi connectivity index (χ1) is 30.3. The molecule has 3 amide bonds. The molecule has 1 N–H and O–H groups in total. The van der Waals surface area contributed by atoms with Crippen molar-refractivity contribution in [2.24, 2.45) is 0 Å². The largest absolute Gasteiger partial charge is 0.458 e. The minimum atomic E-state index is -3.44. The Morgan fingerprint density at radius 1 is 0.766 bits per heavy atom. The van der Waals surface area contributed by atoms with E-state index < -0.39 is 95.5 Å². The summed E-state index contributed by atoms with van der Waals surface area (Å²) in [6.07, 6.45) is -8.93. The Hall–Kier alpha value is -6.25. The fraction of sp³-hybridized carbons (Fsp3) is 0.419. The molecule has 1 aliphatic heterocycles. The van der Waals surface area contributed by atoms with Crippen molar-refractivity contribution in [3.63, 3.8) is 0 Å². The number of rotatable bonds is 17. The standard InChI is InChI=1S/C43H48ClN3O16S/c1-24(48)37-38(59-25(2)49)39(60-26(3)50)40(61-27(4)51)41(63-37)62-35-16-15-28(21-57-43(54)47(23-44)17-18-64(6,55)56)19-34(35)45-36(52)20-46(5)42(53)58-22-33-31-13-9-7-11-29(31)30-12-8-10-14-32(30)33/h7-16,19,33,37-41H,17-18,20-23H2,1-6H3,(H,45,52)/t37-,38-,39+,40-,41-/m1/s1. The predicted molar refractivity (Wildman–Crippen MR) is 227 cm³/mol. The summed E-state index contributed by atoms with van der Waals surface area (Å²) in [6, 6.07) is 19.3. The minimum absolute atomic E-state index is 0.00816. The number of hydrogen-bond acceptors (Lipinski definition) is 16. The number of Topliss-reactive ketones (excluding diaryl/α,β-unsaturated/α-hetero) is 1. The van der Waals surface area contributed by atoms with Gasteiger partial charge in [-0.25, -0.2) is 18.0 Å². The van der Waals surface area contributed by atoms with E-state index in [2.05, 4.69) is 5.32 Å².